The molecular formula is C27H34O15. The van der Waals surface area contributed by atoms with Crippen molar-refractivity contribution in [3.8, 4) is 23.0 Å². The van der Waals surface area contributed by atoms with Crippen molar-refractivity contribution in [1.29, 1.82) is 0 Å². The monoisotopic (exact) mass is 598 g/mol. The molecule has 10 atom stereocenters. The number of aliphatic hydroxyl groups excluding tert-OH is 7. The summed E-state index contributed by atoms with van der Waals surface area (Å²) < 4.78 is 21.6. The van der Waals surface area contributed by atoms with E-state index in [4.69, 9.17) is 18.9 Å². The van der Waals surface area contributed by atoms with Gasteiger partial charge in [-0.3, -0.25) is 4.79 Å². The molecule has 42 heavy (non-hydrogen) atoms. The first-order valence-corrected chi connectivity index (χ1v) is 13.1. The van der Waals surface area contributed by atoms with Crippen LogP contribution >= 0.6 is 0 Å². The van der Waals surface area contributed by atoms with Crippen LogP contribution in [0.3, 0.4) is 0 Å². The summed E-state index contributed by atoms with van der Waals surface area (Å²) in [6.45, 7) is -1.28. The Hall–Kier alpha value is -3.09. The molecule has 0 aromatic heterocycles. The summed E-state index contributed by atoms with van der Waals surface area (Å²) >= 11 is 0. The number of rotatable bonds is 10. The van der Waals surface area contributed by atoms with Gasteiger partial charge in [-0.1, -0.05) is 12.1 Å². The molecular weight excluding hydrogens is 564 g/mol. The minimum absolute atomic E-state index is 0.0673. The van der Waals surface area contributed by atoms with Crippen molar-refractivity contribution in [2.75, 3.05) is 13.2 Å². The standard InChI is InChI=1S/C27H34O15/c28-9-17-20(33)22(35)24(37)26(41-17)39-10-18-21(34)23(36)25(38)27(42-18)40-13-7-15(31)19(16(32)8-13)14(30)6-3-11-1-4-12(29)5-2-11/h1-2,4-5,7-8,17-18,20-29,31-38H,3,6,9-10H2/t17-,18-,20-,21-,22+,23+,24-,25-,26+,27-/m1/s1. The highest BCUT2D eigenvalue weighted by molar-refractivity contribution is 6.01. The maximum absolute atomic E-state index is 12.7. The minimum atomic E-state index is -1.82. The number of ketones is 1. The number of carbonyl (C=O) groups excluding carboxylic acids is 1. The first-order valence-electron chi connectivity index (χ1n) is 13.1. The zero-order valence-corrected chi connectivity index (χ0v) is 22.1. The van der Waals surface area contributed by atoms with Crippen LogP contribution < -0.4 is 4.74 Å². The van der Waals surface area contributed by atoms with E-state index in [1.54, 1.807) is 12.1 Å². The van der Waals surface area contributed by atoms with E-state index in [0.29, 0.717) is 0 Å². The predicted octanol–water partition coefficient (Wildman–Crippen LogP) is -2.38. The zero-order valence-electron chi connectivity index (χ0n) is 22.1. The van der Waals surface area contributed by atoms with E-state index in [1.165, 1.54) is 12.1 Å². The van der Waals surface area contributed by atoms with Crippen LogP contribution in [0.1, 0.15) is 22.3 Å². The number of benzene rings is 2. The van der Waals surface area contributed by atoms with Crippen molar-refractivity contribution in [3.63, 3.8) is 0 Å². The number of phenols is 3. The number of hydrogen-bond donors (Lipinski definition) is 10. The Kier molecular flexibility index (Phi) is 10.2. The molecule has 0 amide bonds. The molecule has 2 heterocycles. The molecule has 0 bridgehead atoms. The molecule has 10 N–H and O–H groups in total. The van der Waals surface area contributed by atoms with Gasteiger partial charge >= 0.3 is 0 Å². The average Bonchev–Trinajstić information content (AvgIpc) is 2.95. The van der Waals surface area contributed by atoms with Gasteiger partial charge in [0.2, 0.25) is 6.29 Å². The first kappa shape index (κ1) is 31.8. The van der Waals surface area contributed by atoms with Gasteiger partial charge in [0, 0.05) is 18.6 Å². The van der Waals surface area contributed by atoms with Crippen LogP contribution in [0.5, 0.6) is 23.0 Å². The molecule has 0 radical (unpaired) electrons. The smallest absolute Gasteiger partial charge is 0.229 e. The summed E-state index contributed by atoms with van der Waals surface area (Å²) in [5.41, 5.74) is 0.377. The maximum Gasteiger partial charge on any atom is 0.229 e. The largest absolute Gasteiger partial charge is 0.508 e. The van der Waals surface area contributed by atoms with E-state index in [2.05, 4.69) is 0 Å². The van der Waals surface area contributed by atoms with Gasteiger partial charge in [0.05, 0.1) is 13.2 Å². The number of ether oxygens (including phenoxy) is 4. The molecule has 2 aliphatic rings. The summed E-state index contributed by atoms with van der Waals surface area (Å²) in [5.74, 6) is -2.04. The number of aromatic hydroxyl groups is 3. The molecule has 2 aromatic carbocycles. The summed E-state index contributed by atoms with van der Waals surface area (Å²) in [6.07, 6.45) is -16.1. The van der Waals surface area contributed by atoms with Gasteiger partial charge in [-0.2, -0.15) is 0 Å². The first-order chi connectivity index (χ1) is 19.9. The lowest BCUT2D eigenvalue weighted by molar-refractivity contribution is -0.323. The third-order valence-electron chi connectivity index (χ3n) is 7.12. The van der Waals surface area contributed by atoms with Gasteiger partial charge in [0.25, 0.3) is 0 Å². The van der Waals surface area contributed by atoms with Gasteiger partial charge in [-0.05, 0) is 24.1 Å². The minimum Gasteiger partial charge on any atom is -0.508 e. The van der Waals surface area contributed by atoms with Crippen molar-refractivity contribution in [2.45, 2.75) is 74.3 Å². The number of aryl methyl sites for hydroxylation is 1. The van der Waals surface area contributed by atoms with Crippen LogP contribution in [0.4, 0.5) is 0 Å². The third kappa shape index (κ3) is 6.92. The number of aliphatic hydroxyl groups is 7. The highest BCUT2D eigenvalue weighted by Gasteiger charge is 2.48. The summed E-state index contributed by atoms with van der Waals surface area (Å²) in [7, 11) is 0. The lowest BCUT2D eigenvalue weighted by Crippen LogP contribution is -2.62. The van der Waals surface area contributed by atoms with E-state index < -0.39 is 91.9 Å². The Balaban J connectivity index is 1.40. The Morgan fingerprint density at radius 2 is 1.29 bits per heavy atom. The molecule has 2 saturated heterocycles. The fourth-order valence-electron chi connectivity index (χ4n) is 4.67. The SMILES string of the molecule is O=C(CCc1ccc(O)cc1)c1c(O)cc(O[C@@H]2O[C@H](CO[C@H]3O[C@H](CO)[C@@H](O)[C@H](O)[C@H]3O)[C@@H](O)[C@H](O)[C@H]2O)cc1O. The van der Waals surface area contributed by atoms with Crippen LogP contribution in [0.2, 0.25) is 0 Å². The fourth-order valence-corrected chi connectivity index (χ4v) is 4.67. The summed E-state index contributed by atoms with van der Waals surface area (Å²) in [4.78, 5) is 12.7. The molecule has 4 rings (SSSR count). The van der Waals surface area contributed by atoms with Crippen LogP contribution in [0, 0.1) is 0 Å². The molecule has 232 valence electrons. The second kappa shape index (κ2) is 13.5. The second-order valence-electron chi connectivity index (χ2n) is 10.1. The maximum atomic E-state index is 12.7. The van der Waals surface area contributed by atoms with Gasteiger partial charge in [-0.25, -0.2) is 0 Å². The Morgan fingerprint density at radius 3 is 1.88 bits per heavy atom. The molecule has 2 fully saturated rings. The second-order valence-corrected chi connectivity index (χ2v) is 10.1. The lowest BCUT2D eigenvalue weighted by Gasteiger charge is -2.42. The summed E-state index contributed by atoms with van der Waals surface area (Å²) in [6, 6.07) is 8.15. The molecule has 15 heteroatoms. The van der Waals surface area contributed by atoms with Crippen molar-refractivity contribution in [3.05, 3.63) is 47.5 Å². The lowest BCUT2D eigenvalue weighted by atomic mass is 9.98. The zero-order chi connectivity index (χ0) is 30.7. The molecule has 0 unspecified atom stereocenters. The number of hydrogen-bond acceptors (Lipinski definition) is 15. The molecule has 15 nitrogen and oxygen atoms in total. The van der Waals surface area contributed by atoms with Crippen LogP contribution in [-0.2, 0) is 20.6 Å². The highest BCUT2D eigenvalue weighted by Crippen LogP contribution is 2.35. The van der Waals surface area contributed by atoms with Crippen molar-refractivity contribution >= 4 is 5.78 Å². The molecule has 2 aliphatic heterocycles. The quantitative estimate of drug-likeness (QED) is 0.128. The van der Waals surface area contributed by atoms with E-state index in [1.807, 2.05) is 0 Å². The topological polar surface area (TPSA) is 256 Å². The van der Waals surface area contributed by atoms with Crippen molar-refractivity contribution in [2.24, 2.45) is 0 Å². The molecule has 2 aromatic rings. The number of Topliss-reactive ketones (excluding diaryl/α,β-unsaturated/α-hetero) is 1. The average molecular weight is 599 g/mol. The molecule has 0 aliphatic carbocycles. The van der Waals surface area contributed by atoms with Crippen LogP contribution in [-0.4, -0.2) is 131 Å². The Bertz CT molecular complexity index is 1180. The van der Waals surface area contributed by atoms with Gasteiger partial charge in [0.1, 0.15) is 77.4 Å². The summed E-state index contributed by atoms with van der Waals surface area (Å²) in [5, 5.41) is 101. The van der Waals surface area contributed by atoms with Gasteiger partial charge in [0.15, 0.2) is 12.1 Å². The van der Waals surface area contributed by atoms with E-state index >= 15 is 0 Å². The van der Waals surface area contributed by atoms with E-state index in [9.17, 15) is 55.9 Å². The number of carbonyl (C=O) groups is 1. The fraction of sp³-hybridized carbons (Fsp3) is 0.519. The Labute approximate surface area is 239 Å². The van der Waals surface area contributed by atoms with E-state index in [-0.39, 0.29) is 29.9 Å². The highest BCUT2D eigenvalue weighted by atomic mass is 16.7. The molecule has 0 saturated carbocycles. The van der Waals surface area contributed by atoms with E-state index in [0.717, 1.165) is 17.7 Å². The van der Waals surface area contributed by atoms with Gasteiger partial charge < -0.3 is 70.0 Å². The Morgan fingerprint density at radius 1 is 0.738 bits per heavy atom. The van der Waals surface area contributed by atoms with Gasteiger partial charge in [-0.15, -0.1) is 0 Å². The van der Waals surface area contributed by atoms with Crippen molar-refractivity contribution < 1.29 is 74.8 Å². The van der Waals surface area contributed by atoms with Crippen molar-refractivity contribution in [1.82, 2.24) is 0 Å². The van der Waals surface area contributed by atoms with Crippen LogP contribution in [0.25, 0.3) is 0 Å². The van der Waals surface area contributed by atoms with Crippen LogP contribution in [0.15, 0.2) is 36.4 Å². The normalized spacial score (nSPS) is 33.3. The molecule has 0 spiro atoms. The predicted molar refractivity (Wildman–Crippen MR) is 138 cm³/mol. The number of phenolic OH excluding ortho intramolecular Hbond substituents is 3. The third-order valence-corrected chi connectivity index (χ3v) is 7.12.